The molecule has 27 heavy (non-hydrogen) atoms. The highest BCUT2D eigenvalue weighted by atomic mass is 35.5. The van der Waals surface area contributed by atoms with Gasteiger partial charge in [0.05, 0.1) is 22.5 Å². The number of amides is 1. The number of hydrogen-bond acceptors (Lipinski definition) is 4. The molecule has 2 N–H and O–H groups in total. The second-order valence-electron chi connectivity index (χ2n) is 6.07. The largest absolute Gasteiger partial charge is 0.352 e. The van der Waals surface area contributed by atoms with Crippen molar-refractivity contribution in [2.45, 2.75) is 6.42 Å². The Bertz CT molecular complexity index is 1100. The lowest BCUT2D eigenvalue weighted by atomic mass is 10.1. The normalized spacial score (nSPS) is 11.3. The van der Waals surface area contributed by atoms with Crippen LogP contribution in [0, 0.1) is 0 Å². The molecule has 3 rings (SSSR count). The smallest absolute Gasteiger partial charge is 0.251 e. The van der Waals surface area contributed by atoms with Gasteiger partial charge in [-0.05, 0) is 36.2 Å². The lowest BCUT2D eigenvalue weighted by molar-refractivity contribution is 0.0954. The first kappa shape index (κ1) is 19.1. The van der Waals surface area contributed by atoms with Crippen molar-refractivity contribution < 1.29 is 13.2 Å². The molecule has 1 heterocycles. The van der Waals surface area contributed by atoms with E-state index in [-0.39, 0.29) is 16.6 Å². The first-order valence-electron chi connectivity index (χ1n) is 8.22. The van der Waals surface area contributed by atoms with Gasteiger partial charge in [-0.1, -0.05) is 35.9 Å². The molecule has 0 saturated carbocycles. The van der Waals surface area contributed by atoms with Crippen molar-refractivity contribution in [3.05, 3.63) is 70.9 Å². The van der Waals surface area contributed by atoms with Gasteiger partial charge in [-0.2, -0.15) is 0 Å². The quantitative estimate of drug-likeness (QED) is 0.661. The van der Waals surface area contributed by atoms with Crippen LogP contribution in [0.2, 0.25) is 5.02 Å². The third-order valence-electron chi connectivity index (χ3n) is 3.92. The number of halogens is 1. The van der Waals surface area contributed by atoms with Crippen LogP contribution in [0.4, 0.5) is 5.69 Å². The molecular weight excluding hydrogens is 386 g/mol. The standard InChI is InChI=1S/C19H18ClN3O3S/c1-27(25,26)23-17-12-15(7-8-16(17)20)19(24)22-11-9-14-5-2-4-13-6-3-10-21-18(13)14/h2-8,10,12,23H,9,11H2,1H3,(H,22,24). The summed E-state index contributed by atoms with van der Waals surface area (Å²) in [5, 5.41) is 4.11. The van der Waals surface area contributed by atoms with E-state index in [0.29, 0.717) is 18.5 Å². The summed E-state index contributed by atoms with van der Waals surface area (Å²) in [6, 6.07) is 14.3. The van der Waals surface area contributed by atoms with Crippen molar-refractivity contribution in [2.75, 3.05) is 17.5 Å². The second-order valence-corrected chi connectivity index (χ2v) is 8.22. The van der Waals surface area contributed by atoms with Crippen LogP contribution in [0.3, 0.4) is 0 Å². The van der Waals surface area contributed by atoms with Gasteiger partial charge < -0.3 is 5.32 Å². The third-order valence-corrected chi connectivity index (χ3v) is 4.84. The minimum absolute atomic E-state index is 0.171. The van der Waals surface area contributed by atoms with E-state index < -0.39 is 10.0 Å². The number of sulfonamides is 1. The van der Waals surface area contributed by atoms with Crippen molar-refractivity contribution in [2.24, 2.45) is 0 Å². The Morgan fingerprint density at radius 3 is 2.70 bits per heavy atom. The number of pyridine rings is 1. The fourth-order valence-corrected chi connectivity index (χ4v) is 3.52. The molecule has 0 bridgehead atoms. The van der Waals surface area contributed by atoms with Crippen LogP contribution in [0.1, 0.15) is 15.9 Å². The average Bonchev–Trinajstić information content (AvgIpc) is 2.62. The zero-order valence-corrected chi connectivity index (χ0v) is 16.1. The number of hydrogen-bond donors (Lipinski definition) is 2. The maximum absolute atomic E-state index is 12.4. The topological polar surface area (TPSA) is 88.2 Å². The number of nitrogens with one attached hydrogen (secondary N) is 2. The lowest BCUT2D eigenvalue weighted by Gasteiger charge is -2.10. The lowest BCUT2D eigenvalue weighted by Crippen LogP contribution is -2.26. The third kappa shape index (κ3) is 4.96. The SMILES string of the molecule is CS(=O)(=O)Nc1cc(C(=O)NCCc2cccc3cccnc23)ccc1Cl. The molecule has 0 radical (unpaired) electrons. The monoisotopic (exact) mass is 403 g/mol. The summed E-state index contributed by atoms with van der Waals surface area (Å²) in [5.41, 5.74) is 2.45. The molecule has 0 unspecified atom stereocenters. The first-order chi connectivity index (χ1) is 12.8. The van der Waals surface area contributed by atoms with Gasteiger partial charge in [0, 0.05) is 23.7 Å². The number of anilines is 1. The molecule has 0 saturated heterocycles. The molecule has 0 aliphatic rings. The Morgan fingerprint density at radius 1 is 1.15 bits per heavy atom. The molecule has 1 amide bonds. The number of carbonyl (C=O) groups excluding carboxylic acids is 1. The molecule has 8 heteroatoms. The number of nitrogens with zero attached hydrogens (tertiary/aromatic N) is 1. The zero-order valence-electron chi connectivity index (χ0n) is 14.6. The van der Waals surface area contributed by atoms with Crippen molar-refractivity contribution in [1.29, 1.82) is 0 Å². The zero-order chi connectivity index (χ0) is 19.4. The van der Waals surface area contributed by atoms with Crippen molar-refractivity contribution >= 4 is 44.1 Å². The Morgan fingerprint density at radius 2 is 1.93 bits per heavy atom. The van der Waals surface area contributed by atoms with Crippen LogP contribution >= 0.6 is 11.6 Å². The Balaban J connectivity index is 1.68. The molecule has 0 aliphatic carbocycles. The van der Waals surface area contributed by atoms with Crippen LogP contribution in [0.15, 0.2) is 54.7 Å². The van der Waals surface area contributed by atoms with Crippen LogP contribution < -0.4 is 10.0 Å². The first-order valence-corrected chi connectivity index (χ1v) is 10.5. The number of rotatable bonds is 6. The van der Waals surface area contributed by atoms with E-state index >= 15 is 0 Å². The van der Waals surface area contributed by atoms with Gasteiger partial charge in [0.15, 0.2) is 0 Å². The molecule has 6 nitrogen and oxygen atoms in total. The van der Waals surface area contributed by atoms with Gasteiger partial charge in [-0.3, -0.25) is 14.5 Å². The van der Waals surface area contributed by atoms with Gasteiger partial charge in [-0.25, -0.2) is 8.42 Å². The minimum atomic E-state index is -3.49. The fraction of sp³-hybridized carbons (Fsp3) is 0.158. The van der Waals surface area contributed by atoms with E-state index in [9.17, 15) is 13.2 Å². The molecule has 0 fully saturated rings. The maximum atomic E-state index is 12.4. The molecule has 2 aromatic carbocycles. The Kier molecular flexibility index (Phi) is 5.62. The summed E-state index contributed by atoms with van der Waals surface area (Å²) in [6.07, 6.45) is 3.39. The van der Waals surface area contributed by atoms with Crippen LogP contribution in [0.25, 0.3) is 10.9 Å². The molecule has 0 spiro atoms. The minimum Gasteiger partial charge on any atom is -0.352 e. The van der Waals surface area contributed by atoms with Crippen LogP contribution in [0.5, 0.6) is 0 Å². The van der Waals surface area contributed by atoms with E-state index in [1.165, 1.54) is 12.1 Å². The molecule has 1 aromatic heterocycles. The van der Waals surface area contributed by atoms with Gasteiger partial charge in [0.25, 0.3) is 5.91 Å². The highest BCUT2D eigenvalue weighted by Crippen LogP contribution is 2.24. The highest BCUT2D eigenvalue weighted by Gasteiger charge is 2.12. The van der Waals surface area contributed by atoms with Crippen molar-refractivity contribution in [3.8, 4) is 0 Å². The highest BCUT2D eigenvalue weighted by molar-refractivity contribution is 7.92. The van der Waals surface area contributed by atoms with E-state index in [0.717, 1.165) is 22.7 Å². The number of carbonyl (C=O) groups is 1. The van der Waals surface area contributed by atoms with E-state index in [1.54, 1.807) is 12.3 Å². The summed E-state index contributed by atoms with van der Waals surface area (Å²) in [7, 11) is -3.49. The van der Waals surface area contributed by atoms with E-state index in [4.69, 9.17) is 11.6 Å². The van der Waals surface area contributed by atoms with Gasteiger partial charge in [-0.15, -0.1) is 0 Å². The molecular formula is C19H18ClN3O3S. The maximum Gasteiger partial charge on any atom is 0.251 e. The number of benzene rings is 2. The molecule has 3 aromatic rings. The summed E-state index contributed by atoms with van der Waals surface area (Å²) in [6.45, 7) is 0.423. The number of aromatic nitrogens is 1. The number of fused-ring (bicyclic) bond motifs is 1. The van der Waals surface area contributed by atoms with Gasteiger partial charge in [0.1, 0.15) is 0 Å². The molecule has 140 valence electrons. The predicted octanol–water partition coefficient (Wildman–Crippen LogP) is 3.23. The van der Waals surface area contributed by atoms with Gasteiger partial charge in [0.2, 0.25) is 10.0 Å². The predicted molar refractivity (Wildman–Crippen MR) is 108 cm³/mol. The summed E-state index contributed by atoms with van der Waals surface area (Å²) in [4.78, 5) is 16.8. The van der Waals surface area contributed by atoms with Gasteiger partial charge >= 0.3 is 0 Å². The van der Waals surface area contributed by atoms with E-state index in [1.807, 2.05) is 30.3 Å². The second kappa shape index (κ2) is 7.94. The molecule has 0 aliphatic heterocycles. The van der Waals surface area contributed by atoms with Crippen molar-refractivity contribution in [3.63, 3.8) is 0 Å². The average molecular weight is 404 g/mol. The van der Waals surface area contributed by atoms with Crippen molar-refractivity contribution in [1.82, 2.24) is 10.3 Å². The summed E-state index contributed by atoms with van der Waals surface area (Å²) in [5.74, 6) is -0.309. The Labute approximate surface area is 162 Å². The summed E-state index contributed by atoms with van der Waals surface area (Å²) >= 11 is 5.98. The van der Waals surface area contributed by atoms with Crippen LogP contribution in [-0.2, 0) is 16.4 Å². The number of para-hydroxylation sites is 1. The van der Waals surface area contributed by atoms with E-state index in [2.05, 4.69) is 15.0 Å². The van der Waals surface area contributed by atoms with Crippen LogP contribution in [-0.4, -0.2) is 32.1 Å². The summed E-state index contributed by atoms with van der Waals surface area (Å²) < 4.78 is 25.1. The molecule has 0 atom stereocenters. The Hall–Kier alpha value is -2.64. The fourth-order valence-electron chi connectivity index (χ4n) is 2.73.